The lowest BCUT2D eigenvalue weighted by Gasteiger charge is -2.16. The average Bonchev–Trinajstić information content (AvgIpc) is 2.36. The Hall–Kier alpha value is -1.08. The minimum absolute atomic E-state index is 0.174. The molecule has 0 heterocycles. The van der Waals surface area contributed by atoms with Crippen LogP contribution in [0.2, 0.25) is 0 Å². The molecule has 0 aliphatic rings. The first-order chi connectivity index (χ1) is 9.79. The fourth-order valence-corrected chi connectivity index (χ4v) is 2.83. The van der Waals surface area contributed by atoms with Gasteiger partial charge in [-0.2, -0.15) is 0 Å². The predicted molar refractivity (Wildman–Crippen MR) is 86.4 cm³/mol. The van der Waals surface area contributed by atoms with Crippen LogP contribution >= 0.6 is 31.9 Å². The molecule has 0 aromatic heterocycles. The van der Waals surface area contributed by atoms with Crippen molar-refractivity contribution in [2.24, 2.45) is 5.92 Å². The van der Waals surface area contributed by atoms with Crippen LogP contribution in [0.1, 0.15) is 20.3 Å². The third-order valence-corrected chi connectivity index (χ3v) is 3.71. The second kappa shape index (κ2) is 8.38. The van der Waals surface area contributed by atoms with Gasteiger partial charge in [-0.15, -0.1) is 0 Å². The quantitative estimate of drug-likeness (QED) is 0.707. The van der Waals surface area contributed by atoms with Gasteiger partial charge >= 0.3 is 5.97 Å². The van der Waals surface area contributed by atoms with E-state index in [0.29, 0.717) is 16.6 Å². The molecule has 0 unspecified atom stereocenters. The van der Waals surface area contributed by atoms with E-state index in [2.05, 4.69) is 37.2 Å². The van der Waals surface area contributed by atoms with Crippen LogP contribution in [0.5, 0.6) is 5.75 Å². The number of carboxylic acids is 1. The van der Waals surface area contributed by atoms with E-state index in [9.17, 15) is 9.59 Å². The molecule has 0 aliphatic heterocycles. The summed E-state index contributed by atoms with van der Waals surface area (Å²) in [4.78, 5) is 22.8. The maximum absolute atomic E-state index is 11.8. The third kappa shape index (κ3) is 6.48. The van der Waals surface area contributed by atoms with Crippen LogP contribution in [0.15, 0.2) is 27.1 Å². The summed E-state index contributed by atoms with van der Waals surface area (Å²) >= 11 is 6.64. The van der Waals surface area contributed by atoms with Crippen molar-refractivity contribution in [1.82, 2.24) is 5.32 Å². The van der Waals surface area contributed by atoms with Crippen LogP contribution in [-0.4, -0.2) is 29.6 Å². The zero-order chi connectivity index (χ0) is 16.0. The van der Waals surface area contributed by atoms with Crippen molar-refractivity contribution >= 4 is 43.7 Å². The molecule has 1 amide bonds. The molecule has 1 aromatic rings. The molecule has 0 spiro atoms. The van der Waals surface area contributed by atoms with Gasteiger partial charge in [-0.1, -0.05) is 29.8 Å². The minimum atomic E-state index is -1.04. The number of rotatable bonds is 7. The number of hydrogen-bond donors (Lipinski definition) is 2. The monoisotopic (exact) mass is 421 g/mol. The summed E-state index contributed by atoms with van der Waals surface area (Å²) in [7, 11) is 0. The van der Waals surface area contributed by atoms with Crippen molar-refractivity contribution in [3.63, 3.8) is 0 Å². The number of amides is 1. The molecule has 2 N–H and O–H groups in total. The van der Waals surface area contributed by atoms with Gasteiger partial charge in [0.1, 0.15) is 11.8 Å². The molecular formula is C14H17Br2NO4. The van der Waals surface area contributed by atoms with Crippen molar-refractivity contribution in [2.75, 3.05) is 6.61 Å². The Bertz CT molecular complexity index is 520. The molecule has 1 atom stereocenters. The Labute approximate surface area is 140 Å². The number of ether oxygens (including phenoxy) is 1. The largest absolute Gasteiger partial charge is 0.483 e. The minimum Gasteiger partial charge on any atom is -0.483 e. The number of carbonyl (C=O) groups excluding carboxylic acids is 1. The van der Waals surface area contributed by atoms with Crippen molar-refractivity contribution in [3.05, 3.63) is 27.1 Å². The second-order valence-corrected chi connectivity index (χ2v) is 6.72. The van der Waals surface area contributed by atoms with Crippen LogP contribution in [0, 0.1) is 5.92 Å². The van der Waals surface area contributed by atoms with Gasteiger partial charge in [-0.25, -0.2) is 4.79 Å². The third-order valence-electron chi connectivity index (χ3n) is 2.59. The number of aliphatic carboxylic acids is 1. The molecule has 7 heteroatoms. The summed E-state index contributed by atoms with van der Waals surface area (Å²) in [6.07, 6.45) is 0.378. The standard InChI is InChI=1S/C14H17Br2NO4/c1-8(2)5-11(14(19)20)17-13(18)7-21-12-4-3-9(15)6-10(12)16/h3-4,6,8,11H,5,7H2,1-2H3,(H,17,18)(H,19,20)/t11-/m1/s1. The number of carbonyl (C=O) groups is 2. The SMILES string of the molecule is CC(C)C[C@@H](NC(=O)COc1ccc(Br)cc1Br)C(=O)O. The number of nitrogens with one attached hydrogen (secondary N) is 1. The van der Waals surface area contributed by atoms with Gasteiger partial charge in [-0.05, 0) is 46.5 Å². The molecule has 0 bridgehead atoms. The average molecular weight is 423 g/mol. The van der Waals surface area contributed by atoms with E-state index in [-0.39, 0.29) is 12.5 Å². The van der Waals surface area contributed by atoms with Crippen LogP contribution in [-0.2, 0) is 9.59 Å². The van der Waals surface area contributed by atoms with Gasteiger partial charge in [0.05, 0.1) is 4.47 Å². The lowest BCUT2D eigenvalue weighted by atomic mass is 10.0. The highest BCUT2D eigenvalue weighted by molar-refractivity contribution is 9.11. The number of benzene rings is 1. The number of halogens is 2. The van der Waals surface area contributed by atoms with Gasteiger partial charge in [-0.3, -0.25) is 4.79 Å². The Morgan fingerprint density at radius 1 is 1.33 bits per heavy atom. The normalized spacial score (nSPS) is 12.0. The van der Waals surface area contributed by atoms with Gasteiger partial charge < -0.3 is 15.2 Å². The molecule has 0 aliphatic carbocycles. The van der Waals surface area contributed by atoms with E-state index in [4.69, 9.17) is 9.84 Å². The van der Waals surface area contributed by atoms with E-state index in [0.717, 1.165) is 4.47 Å². The molecule has 116 valence electrons. The number of hydrogen-bond acceptors (Lipinski definition) is 3. The first-order valence-corrected chi connectivity index (χ1v) is 7.98. The van der Waals surface area contributed by atoms with Crippen molar-refractivity contribution in [1.29, 1.82) is 0 Å². The van der Waals surface area contributed by atoms with Gasteiger partial charge in [0.25, 0.3) is 5.91 Å². The topological polar surface area (TPSA) is 75.6 Å². The van der Waals surface area contributed by atoms with Crippen LogP contribution in [0.4, 0.5) is 0 Å². The summed E-state index contributed by atoms with van der Waals surface area (Å²) in [5.74, 6) is -0.809. The van der Waals surface area contributed by atoms with Gasteiger partial charge in [0, 0.05) is 4.47 Å². The summed E-state index contributed by atoms with van der Waals surface area (Å²) in [5.41, 5.74) is 0. The molecule has 0 saturated carbocycles. The fourth-order valence-electron chi connectivity index (χ4n) is 1.66. The first-order valence-electron chi connectivity index (χ1n) is 6.39. The maximum atomic E-state index is 11.8. The van der Waals surface area contributed by atoms with E-state index < -0.39 is 17.9 Å². The summed E-state index contributed by atoms with van der Waals surface area (Å²) in [6, 6.07) is 4.40. The molecule has 5 nitrogen and oxygen atoms in total. The van der Waals surface area contributed by atoms with E-state index in [1.54, 1.807) is 18.2 Å². The second-order valence-electron chi connectivity index (χ2n) is 4.95. The van der Waals surface area contributed by atoms with Crippen molar-refractivity contribution in [3.8, 4) is 5.75 Å². The Morgan fingerprint density at radius 2 is 2.00 bits per heavy atom. The van der Waals surface area contributed by atoms with E-state index in [1.165, 1.54) is 0 Å². The molecule has 1 rings (SSSR count). The molecule has 1 aromatic carbocycles. The summed E-state index contributed by atoms with van der Waals surface area (Å²) in [5, 5.41) is 11.5. The zero-order valence-corrected chi connectivity index (χ0v) is 14.9. The zero-order valence-electron chi connectivity index (χ0n) is 11.7. The lowest BCUT2D eigenvalue weighted by molar-refractivity contribution is -0.142. The molecular weight excluding hydrogens is 406 g/mol. The lowest BCUT2D eigenvalue weighted by Crippen LogP contribution is -2.43. The van der Waals surface area contributed by atoms with Crippen LogP contribution < -0.4 is 10.1 Å². The Kier molecular flexibility index (Phi) is 7.17. The fraction of sp³-hybridized carbons (Fsp3) is 0.429. The van der Waals surface area contributed by atoms with Crippen molar-refractivity contribution < 1.29 is 19.4 Å². The highest BCUT2D eigenvalue weighted by Crippen LogP contribution is 2.28. The van der Waals surface area contributed by atoms with Crippen LogP contribution in [0.25, 0.3) is 0 Å². The Morgan fingerprint density at radius 3 is 2.52 bits per heavy atom. The molecule has 21 heavy (non-hydrogen) atoms. The van der Waals surface area contributed by atoms with Gasteiger partial charge in [0.2, 0.25) is 0 Å². The summed E-state index contributed by atoms with van der Waals surface area (Å²) < 4.78 is 6.96. The van der Waals surface area contributed by atoms with Crippen LogP contribution in [0.3, 0.4) is 0 Å². The smallest absolute Gasteiger partial charge is 0.326 e. The van der Waals surface area contributed by atoms with E-state index >= 15 is 0 Å². The first kappa shape index (κ1) is 18.0. The Balaban J connectivity index is 2.54. The highest BCUT2D eigenvalue weighted by Gasteiger charge is 2.21. The predicted octanol–water partition coefficient (Wildman–Crippen LogP) is 3.21. The maximum Gasteiger partial charge on any atom is 0.326 e. The molecule has 0 saturated heterocycles. The number of carboxylic acid groups (broad SMARTS) is 1. The summed E-state index contributed by atoms with van der Waals surface area (Å²) in [6.45, 7) is 3.57. The van der Waals surface area contributed by atoms with Gasteiger partial charge in [0.15, 0.2) is 6.61 Å². The molecule has 0 radical (unpaired) electrons. The van der Waals surface area contributed by atoms with E-state index in [1.807, 2.05) is 13.8 Å². The van der Waals surface area contributed by atoms with Crippen molar-refractivity contribution in [2.45, 2.75) is 26.3 Å². The molecule has 0 fully saturated rings. The highest BCUT2D eigenvalue weighted by atomic mass is 79.9.